The summed E-state index contributed by atoms with van der Waals surface area (Å²) in [5, 5.41) is 9.33. The molecule has 3 aromatic rings. The third kappa shape index (κ3) is 6.67. The van der Waals surface area contributed by atoms with E-state index in [2.05, 4.69) is 76.1 Å². The van der Waals surface area contributed by atoms with Crippen LogP contribution < -0.4 is 0 Å². The Kier molecular flexibility index (Phi) is 7.64. The van der Waals surface area contributed by atoms with Crippen LogP contribution in [-0.4, -0.2) is 15.4 Å². The summed E-state index contributed by atoms with van der Waals surface area (Å²) in [6.45, 7) is 0. The Balaban J connectivity index is 0.000000364. The molecule has 0 aliphatic heterocycles. The highest BCUT2D eigenvalue weighted by Crippen LogP contribution is 2.40. The van der Waals surface area contributed by atoms with Gasteiger partial charge < -0.3 is 0 Å². The van der Waals surface area contributed by atoms with E-state index in [1.165, 1.54) is 68.9 Å². The van der Waals surface area contributed by atoms with Gasteiger partial charge in [-0.2, -0.15) is 15.4 Å². The highest BCUT2D eigenvalue weighted by Gasteiger charge is 2.30. The first kappa shape index (κ1) is 19.3. The summed E-state index contributed by atoms with van der Waals surface area (Å²) in [5.41, 5.74) is 3.49. The molecule has 1 fully saturated rings. The first-order valence-electron chi connectivity index (χ1n) is 10.2. The number of rotatable bonds is 4. The normalized spacial score (nSPS) is 16.4. The molecular weight excluding hydrogens is 330 g/mol. The third-order valence-corrected chi connectivity index (χ3v) is 5.59. The van der Waals surface area contributed by atoms with Crippen molar-refractivity contribution in [2.75, 3.05) is 0 Å². The molecule has 0 spiro atoms. The van der Waals surface area contributed by atoms with Gasteiger partial charge >= 0.3 is 0 Å². The van der Waals surface area contributed by atoms with Gasteiger partial charge in [0.15, 0.2) is 0 Å². The topological polar surface area (TPSA) is 41.6 Å². The van der Waals surface area contributed by atoms with Crippen LogP contribution in [-0.2, 0) is 12.8 Å². The molecule has 3 heteroatoms. The third-order valence-electron chi connectivity index (χ3n) is 5.59. The maximum absolute atomic E-state index is 3.49. The lowest BCUT2D eigenvalue weighted by Gasteiger charge is -2.36. The van der Waals surface area contributed by atoms with Crippen LogP contribution in [0.15, 0.2) is 73.1 Å². The molecule has 1 N–H and O–H groups in total. The van der Waals surface area contributed by atoms with Crippen LogP contribution in [0.25, 0.3) is 0 Å². The second kappa shape index (κ2) is 10.7. The van der Waals surface area contributed by atoms with E-state index in [4.69, 9.17) is 0 Å². The van der Waals surface area contributed by atoms with Crippen molar-refractivity contribution in [3.63, 3.8) is 0 Å². The number of nitrogens with zero attached hydrogens (tertiary/aromatic N) is 2. The highest BCUT2D eigenvalue weighted by molar-refractivity contribution is 5.21. The molecule has 1 heterocycles. The Morgan fingerprint density at radius 3 is 1.48 bits per heavy atom. The zero-order valence-electron chi connectivity index (χ0n) is 16.2. The largest absolute Gasteiger partial charge is 0.198 e. The van der Waals surface area contributed by atoms with E-state index in [1.807, 2.05) is 0 Å². The molecule has 1 aliphatic rings. The zero-order chi connectivity index (χ0) is 18.6. The van der Waals surface area contributed by atoms with Gasteiger partial charge in [-0.25, -0.2) is 0 Å². The van der Waals surface area contributed by atoms with Crippen LogP contribution >= 0.6 is 0 Å². The number of hydrogen-bond donors (Lipinski definition) is 1. The minimum Gasteiger partial charge on any atom is -0.198 e. The fourth-order valence-corrected chi connectivity index (χ4v) is 4.30. The summed E-state index contributed by atoms with van der Waals surface area (Å²) < 4.78 is 0. The maximum atomic E-state index is 3.49. The van der Waals surface area contributed by atoms with Crippen molar-refractivity contribution in [3.8, 4) is 0 Å². The SMILES string of the molecule is c1ccc(CC2(Cc3ccccc3)CCCCCCC2)cc1.c1cn[nH]n1. The number of hydrogen-bond acceptors (Lipinski definition) is 2. The van der Waals surface area contributed by atoms with Crippen molar-refractivity contribution < 1.29 is 0 Å². The van der Waals surface area contributed by atoms with Gasteiger partial charge in [0.2, 0.25) is 0 Å². The molecule has 1 saturated carbocycles. The second-order valence-corrected chi connectivity index (χ2v) is 7.75. The number of aromatic nitrogens is 3. The van der Waals surface area contributed by atoms with Crippen molar-refractivity contribution in [2.24, 2.45) is 5.41 Å². The van der Waals surface area contributed by atoms with E-state index in [9.17, 15) is 0 Å². The Labute approximate surface area is 163 Å². The number of aromatic amines is 1. The summed E-state index contributed by atoms with van der Waals surface area (Å²) in [6.07, 6.45) is 15.5. The average Bonchev–Trinajstić information content (AvgIpc) is 3.27. The predicted molar refractivity (Wildman–Crippen MR) is 111 cm³/mol. The molecule has 1 aromatic heterocycles. The van der Waals surface area contributed by atoms with Crippen LogP contribution in [0, 0.1) is 5.41 Å². The Morgan fingerprint density at radius 2 is 1.07 bits per heavy atom. The molecule has 142 valence electrons. The Morgan fingerprint density at radius 1 is 0.630 bits per heavy atom. The summed E-state index contributed by atoms with van der Waals surface area (Å²) in [6, 6.07) is 22.3. The molecular formula is C24H31N3. The second-order valence-electron chi connectivity index (χ2n) is 7.75. The van der Waals surface area contributed by atoms with Gasteiger partial charge in [-0.15, -0.1) is 0 Å². The van der Waals surface area contributed by atoms with Crippen LogP contribution in [0.1, 0.15) is 56.1 Å². The molecule has 27 heavy (non-hydrogen) atoms. The summed E-state index contributed by atoms with van der Waals surface area (Å²) in [4.78, 5) is 0. The van der Waals surface area contributed by atoms with Crippen LogP contribution in [0.5, 0.6) is 0 Å². The molecule has 0 unspecified atom stereocenters. The van der Waals surface area contributed by atoms with Crippen molar-refractivity contribution in [2.45, 2.75) is 57.8 Å². The first-order chi connectivity index (χ1) is 13.4. The molecule has 0 saturated heterocycles. The van der Waals surface area contributed by atoms with Crippen molar-refractivity contribution >= 4 is 0 Å². The van der Waals surface area contributed by atoms with Crippen LogP contribution in [0.3, 0.4) is 0 Å². The summed E-state index contributed by atoms with van der Waals surface area (Å²) in [7, 11) is 0. The van der Waals surface area contributed by atoms with Gasteiger partial charge in [-0.05, 0) is 42.2 Å². The minimum atomic E-state index is 0.461. The molecule has 0 bridgehead atoms. The fraction of sp³-hybridized carbons (Fsp3) is 0.417. The minimum absolute atomic E-state index is 0.461. The highest BCUT2D eigenvalue weighted by atomic mass is 15.3. The molecule has 0 amide bonds. The van der Waals surface area contributed by atoms with E-state index in [1.54, 1.807) is 12.4 Å². The van der Waals surface area contributed by atoms with Crippen LogP contribution in [0.4, 0.5) is 0 Å². The number of nitrogens with one attached hydrogen (secondary N) is 1. The zero-order valence-corrected chi connectivity index (χ0v) is 16.2. The smallest absolute Gasteiger partial charge is 0.0690 e. The van der Waals surface area contributed by atoms with Crippen LogP contribution in [0.2, 0.25) is 0 Å². The van der Waals surface area contributed by atoms with Crippen molar-refractivity contribution in [3.05, 3.63) is 84.2 Å². The summed E-state index contributed by atoms with van der Waals surface area (Å²) >= 11 is 0. The molecule has 3 nitrogen and oxygen atoms in total. The molecule has 0 radical (unpaired) electrons. The fourth-order valence-electron chi connectivity index (χ4n) is 4.30. The monoisotopic (exact) mass is 361 g/mol. The first-order valence-corrected chi connectivity index (χ1v) is 10.2. The average molecular weight is 362 g/mol. The number of H-pyrrole nitrogens is 1. The van der Waals surface area contributed by atoms with E-state index < -0.39 is 0 Å². The quantitative estimate of drug-likeness (QED) is 0.618. The van der Waals surface area contributed by atoms with Crippen molar-refractivity contribution in [1.29, 1.82) is 0 Å². The Hall–Kier alpha value is -2.42. The van der Waals surface area contributed by atoms with Gasteiger partial charge in [0.1, 0.15) is 0 Å². The molecule has 1 aliphatic carbocycles. The van der Waals surface area contributed by atoms with Gasteiger partial charge in [0, 0.05) is 0 Å². The maximum Gasteiger partial charge on any atom is 0.0690 e. The summed E-state index contributed by atoms with van der Waals surface area (Å²) in [5.74, 6) is 0. The molecule has 4 rings (SSSR count). The van der Waals surface area contributed by atoms with Crippen molar-refractivity contribution in [1.82, 2.24) is 15.4 Å². The standard InChI is InChI=1S/C22H28.C2H3N3/c1-2-10-16-22(17-11-3-1,18-20-12-6-4-7-13-20)19-21-14-8-5-9-15-21;1-2-4-5-3-1/h4-9,12-15H,1-3,10-11,16-19H2;1-2H,(H,3,4,5). The lowest BCUT2D eigenvalue weighted by Crippen LogP contribution is -2.28. The molecule has 2 aromatic carbocycles. The van der Waals surface area contributed by atoms with Gasteiger partial charge in [-0.1, -0.05) is 92.8 Å². The lowest BCUT2D eigenvalue weighted by atomic mass is 9.69. The lowest BCUT2D eigenvalue weighted by molar-refractivity contribution is 0.205. The van der Waals surface area contributed by atoms with Gasteiger partial charge in [0.25, 0.3) is 0 Å². The van der Waals surface area contributed by atoms with E-state index >= 15 is 0 Å². The van der Waals surface area contributed by atoms with E-state index in [-0.39, 0.29) is 0 Å². The van der Waals surface area contributed by atoms with E-state index in [0.717, 1.165) is 0 Å². The van der Waals surface area contributed by atoms with Gasteiger partial charge in [0.05, 0.1) is 12.4 Å². The van der Waals surface area contributed by atoms with Gasteiger partial charge in [-0.3, -0.25) is 0 Å². The Bertz CT molecular complexity index is 654. The predicted octanol–water partition coefficient (Wildman–Crippen LogP) is 6.01. The van der Waals surface area contributed by atoms with E-state index in [0.29, 0.717) is 5.41 Å². The number of benzene rings is 2. The molecule has 0 atom stereocenters.